The van der Waals surface area contributed by atoms with E-state index in [1.54, 1.807) is 13.3 Å². The molecule has 0 saturated carbocycles. The van der Waals surface area contributed by atoms with Crippen LogP contribution >= 0.6 is 0 Å². The lowest BCUT2D eigenvalue weighted by Gasteiger charge is -2.33. The Hall–Kier alpha value is -3.75. The Morgan fingerprint density at radius 1 is 1.16 bits per heavy atom. The molecule has 2 amide bonds. The van der Waals surface area contributed by atoms with Crippen molar-refractivity contribution in [1.29, 1.82) is 0 Å². The number of carbonyl (C=O) groups is 2. The number of carboxylic acid groups (broad SMARTS) is 1. The average molecular weight is 423 g/mol. The van der Waals surface area contributed by atoms with Crippen molar-refractivity contribution in [2.24, 2.45) is 0 Å². The molecule has 0 spiro atoms. The Balaban J connectivity index is 1.49. The summed E-state index contributed by atoms with van der Waals surface area (Å²) in [5, 5.41) is 12.9. The number of aromatic nitrogens is 2. The van der Waals surface area contributed by atoms with Crippen molar-refractivity contribution >= 4 is 34.4 Å². The summed E-state index contributed by atoms with van der Waals surface area (Å²) in [6, 6.07) is 11.2. The second kappa shape index (κ2) is 8.55. The summed E-state index contributed by atoms with van der Waals surface area (Å²) in [7, 11) is 1.62. The van der Waals surface area contributed by atoms with Gasteiger partial charge < -0.3 is 29.5 Å². The number of rotatable bonds is 5. The Kier molecular flexibility index (Phi) is 5.66. The quantitative estimate of drug-likeness (QED) is 0.654. The highest BCUT2D eigenvalue weighted by Gasteiger charge is 2.21. The van der Waals surface area contributed by atoms with Crippen molar-refractivity contribution in [3.63, 3.8) is 0 Å². The molecule has 31 heavy (non-hydrogen) atoms. The molecule has 0 radical (unpaired) electrons. The molecule has 1 aromatic carbocycles. The first-order chi connectivity index (χ1) is 15.0. The van der Waals surface area contributed by atoms with Crippen molar-refractivity contribution in [1.82, 2.24) is 14.5 Å². The molecule has 1 fully saturated rings. The van der Waals surface area contributed by atoms with Gasteiger partial charge in [-0.1, -0.05) is 6.07 Å². The third-order valence-electron chi connectivity index (χ3n) is 5.55. The average Bonchev–Trinajstić information content (AvgIpc) is 3.18. The zero-order chi connectivity index (χ0) is 22.0. The van der Waals surface area contributed by atoms with Crippen LogP contribution < -0.4 is 15.0 Å². The lowest BCUT2D eigenvalue weighted by atomic mass is 10.2. The first-order valence-corrected chi connectivity index (χ1v) is 10.2. The van der Waals surface area contributed by atoms with E-state index in [1.165, 1.54) is 4.90 Å². The van der Waals surface area contributed by atoms with E-state index >= 15 is 0 Å². The molecular formula is C22H25N5O4. The maximum Gasteiger partial charge on any atom is 0.407 e. The SMILES string of the molecule is CCn1c(C(=O)Nc2ccc(N3CCN(C(=O)O)CC3)nc2)cc2c(OC)cccc21. The van der Waals surface area contributed by atoms with Crippen LogP contribution in [0.15, 0.2) is 42.6 Å². The number of aryl methyl sites for hydroxylation is 1. The largest absolute Gasteiger partial charge is 0.496 e. The topological polar surface area (TPSA) is 99.9 Å². The monoisotopic (exact) mass is 423 g/mol. The Bertz CT molecular complexity index is 1100. The number of amides is 2. The molecular weight excluding hydrogens is 398 g/mol. The molecule has 162 valence electrons. The number of nitrogens with zero attached hydrogens (tertiary/aromatic N) is 4. The number of hydrogen-bond acceptors (Lipinski definition) is 5. The van der Waals surface area contributed by atoms with Crippen LogP contribution in [0.1, 0.15) is 17.4 Å². The van der Waals surface area contributed by atoms with E-state index in [4.69, 9.17) is 9.84 Å². The molecule has 1 aliphatic rings. The Morgan fingerprint density at radius 2 is 1.94 bits per heavy atom. The number of nitrogens with one attached hydrogen (secondary N) is 1. The number of piperazine rings is 1. The van der Waals surface area contributed by atoms with Crippen LogP contribution in [-0.2, 0) is 6.54 Å². The molecule has 0 atom stereocenters. The minimum absolute atomic E-state index is 0.218. The fourth-order valence-corrected chi connectivity index (χ4v) is 3.93. The van der Waals surface area contributed by atoms with Gasteiger partial charge in [-0.05, 0) is 37.3 Å². The van der Waals surface area contributed by atoms with Crippen molar-refractivity contribution in [3.8, 4) is 5.75 Å². The van der Waals surface area contributed by atoms with Gasteiger partial charge in [0.2, 0.25) is 0 Å². The zero-order valence-electron chi connectivity index (χ0n) is 17.5. The molecule has 0 bridgehead atoms. The minimum Gasteiger partial charge on any atom is -0.496 e. The third kappa shape index (κ3) is 3.98. The molecule has 3 heterocycles. The summed E-state index contributed by atoms with van der Waals surface area (Å²) < 4.78 is 7.39. The van der Waals surface area contributed by atoms with Gasteiger partial charge in [-0.3, -0.25) is 4.79 Å². The van der Waals surface area contributed by atoms with Gasteiger partial charge in [0.05, 0.1) is 24.5 Å². The zero-order valence-corrected chi connectivity index (χ0v) is 17.5. The smallest absolute Gasteiger partial charge is 0.407 e. The van der Waals surface area contributed by atoms with Gasteiger partial charge in [-0.15, -0.1) is 0 Å². The van der Waals surface area contributed by atoms with E-state index in [0.29, 0.717) is 44.1 Å². The number of fused-ring (bicyclic) bond motifs is 1. The van der Waals surface area contributed by atoms with E-state index in [0.717, 1.165) is 22.5 Å². The van der Waals surface area contributed by atoms with E-state index < -0.39 is 6.09 Å². The number of hydrogen-bond donors (Lipinski definition) is 2. The summed E-state index contributed by atoms with van der Waals surface area (Å²) in [6.07, 6.45) is 0.726. The minimum atomic E-state index is -0.896. The van der Waals surface area contributed by atoms with Gasteiger partial charge in [-0.2, -0.15) is 0 Å². The number of methoxy groups -OCH3 is 1. The molecule has 1 aliphatic heterocycles. The van der Waals surface area contributed by atoms with Crippen LogP contribution in [-0.4, -0.2) is 64.8 Å². The van der Waals surface area contributed by atoms with Crippen LogP contribution in [0.5, 0.6) is 5.75 Å². The van der Waals surface area contributed by atoms with E-state index in [2.05, 4.69) is 10.3 Å². The summed E-state index contributed by atoms with van der Waals surface area (Å²) in [5.41, 5.74) is 2.09. The molecule has 4 rings (SSSR count). The lowest BCUT2D eigenvalue weighted by molar-refractivity contribution is 0.101. The first-order valence-electron chi connectivity index (χ1n) is 10.2. The summed E-state index contributed by atoms with van der Waals surface area (Å²) in [4.78, 5) is 31.9. The van der Waals surface area contributed by atoms with Gasteiger partial charge in [0.25, 0.3) is 5.91 Å². The summed E-state index contributed by atoms with van der Waals surface area (Å²) in [6.45, 7) is 4.71. The first kappa shape index (κ1) is 20.5. The fourth-order valence-electron chi connectivity index (χ4n) is 3.93. The normalized spacial score (nSPS) is 14.0. The van der Waals surface area contributed by atoms with Gasteiger partial charge in [0.1, 0.15) is 17.3 Å². The predicted molar refractivity (Wildman–Crippen MR) is 118 cm³/mol. The van der Waals surface area contributed by atoms with Crippen LogP contribution in [0, 0.1) is 0 Å². The number of ether oxygens (including phenoxy) is 1. The van der Waals surface area contributed by atoms with Gasteiger partial charge >= 0.3 is 6.09 Å². The third-order valence-corrected chi connectivity index (χ3v) is 5.55. The Morgan fingerprint density at radius 3 is 2.55 bits per heavy atom. The van der Waals surface area contributed by atoms with Crippen molar-refractivity contribution < 1.29 is 19.4 Å². The second-order valence-electron chi connectivity index (χ2n) is 7.28. The van der Waals surface area contributed by atoms with E-state index in [9.17, 15) is 9.59 Å². The maximum absolute atomic E-state index is 13.0. The number of carbonyl (C=O) groups excluding carboxylic acids is 1. The number of anilines is 2. The number of benzene rings is 1. The van der Waals surface area contributed by atoms with E-state index in [-0.39, 0.29) is 5.91 Å². The fraction of sp³-hybridized carbons (Fsp3) is 0.318. The highest BCUT2D eigenvalue weighted by atomic mass is 16.5. The molecule has 1 saturated heterocycles. The van der Waals surface area contributed by atoms with Gasteiger partial charge in [0, 0.05) is 38.1 Å². The lowest BCUT2D eigenvalue weighted by Crippen LogP contribution is -2.48. The summed E-state index contributed by atoms with van der Waals surface area (Å²) in [5.74, 6) is 1.27. The van der Waals surface area contributed by atoms with Crippen LogP contribution in [0.3, 0.4) is 0 Å². The van der Waals surface area contributed by atoms with Crippen molar-refractivity contribution in [3.05, 3.63) is 48.3 Å². The van der Waals surface area contributed by atoms with Crippen LogP contribution in [0.25, 0.3) is 10.9 Å². The second-order valence-corrected chi connectivity index (χ2v) is 7.28. The maximum atomic E-state index is 13.0. The highest BCUT2D eigenvalue weighted by Crippen LogP contribution is 2.29. The highest BCUT2D eigenvalue weighted by molar-refractivity contribution is 6.07. The summed E-state index contributed by atoms with van der Waals surface area (Å²) >= 11 is 0. The molecule has 2 aromatic heterocycles. The van der Waals surface area contributed by atoms with Crippen LogP contribution in [0.2, 0.25) is 0 Å². The number of pyridine rings is 1. The molecule has 3 aromatic rings. The van der Waals surface area contributed by atoms with E-state index in [1.807, 2.05) is 52.8 Å². The van der Waals surface area contributed by atoms with Crippen molar-refractivity contribution in [2.75, 3.05) is 43.5 Å². The Labute approximate surface area is 179 Å². The predicted octanol–water partition coefficient (Wildman–Crippen LogP) is 3.12. The molecule has 9 heteroatoms. The molecule has 9 nitrogen and oxygen atoms in total. The van der Waals surface area contributed by atoms with Crippen molar-refractivity contribution in [2.45, 2.75) is 13.5 Å². The molecule has 0 aliphatic carbocycles. The molecule has 0 unspecified atom stereocenters. The van der Waals surface area contributed by atoms with Crippen LogP contribution in [0.4, 0.5) is 16.3 Å². The van der Waals surface area contributed by atoms with Gasteiger partial charge in [0.15, 0.2) is 0 Å². The molecule has 2 N–H and O–H groups in total. The standard InChI is InChI=1S/C22H25N5O4/c1-3-27-17-5-4-6-19(31-2)16(17)13-18(27)21(28)24-15-7-8-20(23-14-15)25-9-11-26(12-10-25)22(29)30/h4-8,13-14H,3,9-12H2,1-2H3,(H,24,28)(H,29,30). The van der Waals surface area contributed by atoms with Gasteiger partial charge in [-0.25, -0.2) is 9.78 Å².